The summed E-state index contributed by atoms with van der Waals surface area (Å²) in [6, 6.07) is 1.22. The lowest BCUT2D eigenvalue weighted by molar-refractivity contribution is 0.213. The second-order valence-corrected chi connectivity index (χ2v) is 7.80. The molecule has 8 heteroatoms. The number of nitrogens with one attached hydrogen (secondary N) is 1. The van der Waals surface area contributed by atoms with E-state index in [0.717, 1.165) is 12.8 Å². The number of pyridine rings is 1. The van der Waals surface area contributed by atoms with Gasteiger partial charge >= 0.3 is 0 Å². The van der Waals surface area contributed by atoms with E-state index in [-0.39, 0.29) is 17.5 Å². The van der Waals surface area contributed by atoms with Crippen LogP contribution in [0.4, 0.5) is 5.82 Å². The minimum Gasteiger partial charge on any atom is -0.395 e. The first kappa shape index (κ1) is 16.7. The van der Waals surface area contributed by atoms with Gasteiger partial charge in [0.15, 0.2) is 0 Å². The maximum absolute atomic E-state index is 12.9. The molecule has 1 aliphatic rings. The van der Waals surface area contributed by atoms with Crippen LogP contribution in [0.2, 0.25) is 0 Å². The average Bonchev–Trinajstić information content (AvgIpc) is 2.95. The molecule has 0 bridgehead atoms. The van der Waals surface area contributed by atoms with Crippen molar-refractivity contribution in [2.45, 2.75) is 37.1 Å². The highest BCUT2D eigenvalue weighted by Gasteiger charge is 2.36. The second kappa shape index (κ2) is 7.04. The lowest BCUT2D eigenvalue weighted by Crippen LogP contribution is -2.38. The Morgan fingerprint density at radius 1 is 1.57 bits per heavy atom. The van der Waals surface area contributed by atoms with E-state index < -0.39 is 10.0 Å². The van der Waals surface area contributed by atoms with Crippen molar-refractivity contribution >= 4 is 31.8 Å². The Labute approximate surface area is 133 Å². The van der Waals surface area contributed by atoms with E-state index in [1.165, 1.54) is 4.31 Å². The number of hydrogen-bond donors (Lipinski definition) is 2. The predicted molar refractivity (Wildman–Crippen MR) is 84.7 cm³/mol. The number of aromatic nitrogens is 1. The van der Waals surface area contributed by atoms with Crippen molar-refractivity contribution < 1.29 is 13.5 Å². The fourth-order valence-electron chi connectivity index (χ4n) is 2.43. The molecule has 2 N–H and O–H groups in total. The van der Waals surface area contributed by atoms with Gasteiger partial charge in [0.25, 0.3) is 0 Å². The van der Waals surface area contributed by atoms with E-state index in [1.54, 1.807) is 12.3 Å². The fraction of sp³-hybridized carbons (Fsp3) is 0.615. The van der Waals surface area contributed by atoms with Gasteiger partial charge in [-0.15, -0.1) is 0 Å². The topological polar surface area (TPSA) is 82.5 Å². The van der Waals surface area contributed by atoms with E-state index in [1.807, 2.05) is 6.92 Å². The Bertz CT molecular complexity index is 594. The van der Waals surface area contributed by atoms with Crippen LogP contribution < -0.4 is 5.32 Å². The van der Waals surface area contributed by atoms with Crippen LogP contribution in [0.5, 0.6) is 0 Å². The van der Waals surface area contributed by atoms with Gasteiger partial charge in [-0.25, -0.2) is 13.4 Å². The Morgan fingerprint density at radius 3 is 3.00 bits per heavy atom. The molecule has 1 aliphatic heterocycles. The first-order chi connectivity index (χ1) is 10.0. The molecule has 1 unspecified atom stereocenters. The highest BCUT2D eigenvalue weighted by molar-refractivity contribution is 9.10. The van der Waals surface area contributed by atoms with Crippen LogP contribution in [-0.4, -0.2) is 48.6 Å². The average molecular weight is 378 g/mol. The molecule has 2 rings (SSSR count). The standard InChI is InChI=1S/C13H20BrN3O3S/c1-2-5-15-13-12(7-10(14)8-16-13)21(19,20)17-6-3-4-11(17)9-18/h7-8,11,18H,2-6,9H2,1H3,(H,15,16). The number of sulfonamides is 1. The smallest absolute Gasteiger partial charge is 0.247 e. The minimum absolute atomic E-state index is 0.154. The largest absolute Gasteiger partial charge is 0.395 e. The molecule has 118 valence electrons. The van der Waals surface area contributed by atoms with Gasteiger partial charge in [-0.3, -0.25) is 0 Å². The number of aliphatic hydroxyl groups is 1. The van der Waals surface area contributed by atoms with Crippen LogP contribution in [0.3, 0.4) is 0 Å². The predicted octanol–water partition coefficient (Wildman–Crippen LogP) is 1.81. The summed E-state index contributed by atoms with van der Waals surface area (Å²) in [5.74, 6) is 0.364. The third kappa shape index (κ3) is 3.56. The monoisotopic (exact) mass is 377 g/mol. The molecule has 21 heavy (non-hydrogen) atoms. The number of anilines is 1. The summed E-state index contributed by atoms with van der Waals surface area (Å²) in [5, 5.41) is 12.4. The Kier molecular flexibility index (Phi) is 5.59. The Hall–Kier alpha value is -0.700. The van der Waals surface area contributed by atoms with Crippen LogP contribution in [0.25, 0.3) is 0 Å². The molecule has 0 aromatic carbocycles. The van der Waals surface area contributed by atoms with Crippen molar-refractivity contribution in [1.29, 1.82) is 0 Å². The summed E-state index contributed by atoms with van der Waals surface area (Å²) < 4.78 is 27.7. The molecule has 1 saturated heterocycles. The van der Waals surface area contributed by atoms with E-state index in [9.17, 15) is 13.5 Å². The molecule has 0 aliphatic carbocycles. The lowest BCUT2D eigenvalue weighted by Gasteiger charge is -2.23. The van der Waals surface area contributed by atoms with Crippen LogP contribution >= 0.6 is 15.9 Å². The summed E-state index contributed by atoms with van der Waals surface area (Å²) in [5.41, 5.74) is 0. The van der Waals surface area contributed by atoms with Gasteiger partial charge in [0, 0.05) is 29.8 Å². The van der Waals surface area contributed by atoms with E-state index >= 15 is 0 Å². The maximum Gasteiger partial charge on any atom is 0.247 e. The first-order valence-corrected chi connectivity index (χ1v) is 9.26. The van der Waals surface area contributed by atoms with Crippen LogP contribution in [0, 0.1) is 0 Å². The molecule has 1 fully saturated rings. The SMILES string of the molecule is CCCNc1ncc(Br)cc1S(=O)(=O)N1CCCC1CO. The summed E-state index contributed by atoms with van der Waals surface area (Å²) in [7, 11) is -3.67. The van der Waals surface area contributed by atoms with Crippen LogP contribution in [-0.2, 0) is 10.0 Å². The summed E-state index contributed by atoms with van der Waals surface area (Å²) >= 11 is 3.28. The molecule has 0 spiro atoms. The first-order valence-electron chi connectivity index (χ1n) is 7.02. The van der Waals surface area contributed by atoms with Gasteiger partial charge in [-0.05, 0) is 41.3 Å². The number of nitrogens with zero attached hydrogens (tertiary/aromatic N) is 2. The zero-order chi connectivity index (χ0) is 15.5. The zero-order valence-corrected chi connectivity index (χ0v) is 14.3. The Morgan fingerprint density at radius 2 is 2.33 bits per heavy atom. The minimum atomic E-state index is -3.67. The van der Waals surface area contributed by atoms with Crippen molar-refractivity contribution in [3.8, 4) is 0 Å². The summed E-state index contributed by atoms with van der Waals surface area (Å²) in [6.07, 6.45) is 3.91. The molecule has 1 aromatic rings. The van der Waals surface area contributed by atoms with Crippen molar-refractivity contribution in [2.75, 3.05) is 25.0 Å². The number of aliphatic hydroxyl groups excluding tert-OH is 1. The number of halogens is 1. The molecular weight excluding hydrogens is 358 g/mol. The van der Waals surface area contributed by atoms with Crippen molar-refractivity contribution in [3.63, 3.8) is 0 Å². The normalized spacial score (nSPS) is 19.9. The molecule has 0 radical (unpaired) electrons. The van der Waals surface area contributed by atoms with E-state index in [4.69, 9.17) is 0 Å². The summed E-state index contributed by atoms with van der Waals surface area (Å²) in [6.45, 7) is 2.94. The summed E-state index contributed by atoms with van der Waals surface area (Å²) in [4.78, 5) is 4.34. The molecule has 1 aromatic heterocycles. The lowest BCUT2D eigenvalue weighted by atomic mass is 10.2. The third-order valence-corrected chi connectivity index (χ3v) is 5.88. The Balaban J connectivity index is 2.41. The van der Waals surface area contributed by atoms with Gasteiger partial charge in [-0.1, -0.05) is 6.92 Å². The number of rotatable bonds is 6. The highest BCUT2D eigenvalue weighted by Crippen LogP contribution is 2.30. The maximum atomic E-state index is 12.9. The molecule has 0 amide bonds. The van der Waals surface area contributed by atoms with Gasteiger partial charge in [-0.2, -0.15) is 4.31 Å². The molecule has 0 saturated carbocycles. The van der Waals surface area contributed by atoms with Crippen molar-refractivity contribution in [2.24, 2.45) is 0 Å². The van der Waals surface area contributed by atoms with Gasteiger partial charge in [0.2, 0.25) is 10.0 Å². The van der Waals surface area contributed by atoms with E-state index in [2.05, 4.69) is 26.2 Å². The van der Waals surface area contributed by atoms with E-state index in [0.29, 0.717) is 29.8 Å². The van der Waals surface area contributed by atoms with Gasteiger partial charge in [0.05, 0.1) is 6.61 Å². The highest BCUT2D eigenvalue weighted by atomic mass is 79.9. The van der Waals surface area contributed by atoms with Gasteiger partial charge in [0.1, 0.15) is 10.7 Å². The zero-order valence-electron chi connectivity index (χ0n) is 11.9. The fourth-order valence-corrected chi connectivity index (χ4v) is 4.74. The van der Waals surface area contributed by atoms with Gasteiger partial charge < -0.3 is 10.4 Å². The van der Waals surface area contributed by atoms with Crippen molar-refractivity contribution in [3.05, 3.63) is 16.7 Å². The number of hydrogen-bond acceptors (Lipinski definition) is 5. The van der Waals surface area contributed by atoms with Crippen molar-refractivity contribution in [1.82, 2.24) is 9.29 Å². The quantitative estimate of drug-likeness (QED) is 0.789. The molecular formula is C13H20BrN3O3S. The third-order valence-electron chi connectivity index (χ3n) is 3.48. The van der Waals surface area contributed by atoms with Crippen LogP contribution in [0.1, 0.15) is 26.2 Å². The van der Waals surface area contributed by atoms with Crippen LogP contribution in [0.15, 0.2) is 21.6 Å². The second-order valence-electron chi connectivity index (χ2n) is 5.02. The molecule has 1 atom stereocenters. The molecule has 6 nitrogen and oxygen atoms in total. The molecule has 2 heterocycles.